The van der Waals surface area contributed by atoms with Crippen LogP contribution in [-0.2, 0) is 11.2 Å². The fourth-order valence-electron chi connectivity index (χ4n) is 4.14. The van der Waals surface area contributed by atoms with Gasteiger partial charge in [-0.3, -0.25) is 9.59 Å². The van der Waals surface area contributed by atoms with E-state index in [0.717, 1.165) is 42.2 Å². The van der Waals surface area contributed by atoms with Gasteiger partial charge >= 0.3 is 0 Å². The van der Waals surface area contributed by atoms with Gasteiger partial charge in [0.1, 0.15) is 4.88 Å². The SMILES string of the molecule is Cc1nc(CC(=O)N2CC3CC(NC(=O)c4sncc4C)CC3C2)cs1. The van der Waals surface area contributed by atoms with Crippen molar-refractivity contribution in [2.24, 2.45) is 11.8 Å². The number of hydrogen-bond acceptors (Lipinski definition) is 6. The summed E-state index contributed by atoms with van der Waals surface area (Å²) in [6.07, 6.45) is 4.03. The van der Waals surface area contributed by atoms with E-state index >= 15 is 0 Å². The summed E-state index contributed by atoms with van der Waals surface area (Å²) in [7, 11) is 0. The molecule has 1 aliphatic heterocycles. The Morgan fingerprint density at radius 3 is 2.58 bits per heavy atom. The van der Waals surface area contributed by atoms with Gasteiger partial charge in [-0.2, -0.15) is 0 Å². The van der Waals surface area contributed by atoms with Gasteiger partial charge in [0.05, 0.1) is 17.1 Å². The average Bonchev–Trinajstić information content (AvgIpc) is 3.32. The predicted molar refractivity (Wildman–Crippen MR) is 101 cm³/mol. The molecule has 2 atom stereocenters. The molecule has 2 amide bonds. The Bertz CT molecular complexity index is 817. The molecule has 26 heavy (non-hydrogen) atoms. The van der Waals surface area contributed by atoms with Crippen molar-refractivity contribution in [2.45, 2.75) is 39.2 Å². The Balaban J connectivity index is 1.29. The van der Waals surface area contributed by atoms with E-state index in [1.54, 1.807) is 17.5 Å². The van der Waals surface area contributed by atoms with E-state index in [0.29, 0.717) is 23.1 Å². The normalized spacial score (nSPS) is 24.7. The minimum atomic E-state index is -0.0122. The van der Waals surface area contributed by atoms with Gasteiger partial charge in [-0.15, -0.1) is 11.3 Å². The highest BCUT2D eigenvalue weighted by molar-refractivity contribution is 7.09. The van der Waals surface area contributed by atoms with Gasteiger partial charge in [0, 0.05) is 30.7 Å². The lowest BCUT2D eigenvalue weighted by Gasteiger charge is -2.19. The molecule has 2 fully saturated rings. The second-order valence-electron chi connectivity index (χ2n) is 7.33. The van der Waals surface area contributed by atoms with Crippen molar-refractivity contribution in [3.63, 3.8) is 0 Å². The van der Waals surface area contributed by atoms with Gasteiger partial charge in [0.15, 0.2) is 0 Å². The Kier molecular flexibility index (Phi) is 4.79. The molecule has 0 bridgehead atoms. The highest BCUT2D eigenvalue weighted by Crippen LogP contribution is 2.38. The van der Waals surface area contributed by atoms with Crippen molar-refractivity contribution < 1.29 is 9.59 Å². The first-order chi connectivity index (χ1) is 12.5. The maximum atomic E-state index is 12.5. The lowest BCUT2D eigenvalue weighted by atomic mass is 10.0. The molecular formula is C18H22N4O2S2. The van der Waals surface area contributed by atoms with Crippen molar-refractivity contribution >= 4 is 34.7 Å². The molecular weight excluding hydrogens is 368 g/mol. The van der Waals surface area contributed by atoms with Gasteiger partial charge in [-0.1, -0.05) is 0 Å². The van der Waals surface area contributed by atoms with Gasteiger partial charge in [0.2, 0.25) is 5.91 Å². The van der Waals surface area contributed by atoms with Gasteiger partial charge in [-0.05, 0) is 55.6 Å². The molecule has 1 aliphatic carbocycles. The smallest absolute Gasteiger partial charge is 0.263 e. The predicted octanol–water partition coefficient (Wildman–Crippen LogP) is 2.43. The topological polar surface area (TPSA) is 75.2 Å². The molecule has 138 valence electrons. The van der Waals surface area contributed by atoms with Gasteiger partial charge < -0.3 is 10.2 Å². The molecule has 2 unspecified atom stereocenters. The number of carbonyl (C=O) groups excluding carboxylic acids is 2. The minimum Gasteiger partial charge on any atom is -0.349 e. The number of likely N-dealkylation sites (tertiary alicyclic amines) is 1. The van der Waals surface area contributed by atoms with E-state index in [9.17, 15) is 9.59 Å². The van der Waals surface area contributed by atoms with Crippen LogP contribution in [0, 0.1) is 25.7 Å². The number of carbonyl (C=O) groups is 2. The summed E-state index contributed by atoms with van der Waals surface area (Å²) in [6, 6.07) is 0.206. The Morgan fingerprint density at radius 2 is 2.00 bits per heavy atom. The zero-order chi connectivity index (χ0) is 18.3. The number of aromatic nitrogens is 2. The summed E-state index contributed by atoms with van der Waals surface area (Å²) in [5.74, 6) is 1.14. The van der Waals surface area contributed by atoms with Crippen molar-refractivity contribution in [1.82, 2.24) is 19.6 Å². The first kappa shape index (κ1) is 17.6. The van der Waals surface area contributed by atoms with Crippen LogP contribution in [0.1, 0.15) is 38.8 Å². The summed E-state index contributed by atoms with van der Waals surface area (Å²) in [5.41, 5.74) is 1.80. The van der Waals surface area contributed by atoms with Crippen LogP contribution in [0.4, 0.5) is 0 Å². The van der Waals surface area contributed by atoms with E-state index in [1.165, 1.54) is 11.5 Å². The van der Waals surface area contributed by atoms with Crippen LogP contribution in [0.5, 0.6) is 0 Å². The number of thiazole rings is 1. The summed E-state index contributed by atoms with van der Waals surface area (Å²) in [4.78, 5) is 32.0. The van der Waals surface area contributed by atoms with Crippen molar-refractivity contribution in [1.29, 1.82) is 0 Å². The van der Waals surface area contributed by atoms with E-state index in [-0.39, 0.29) is 17.9 Å². The molecule has 6 nitrogen and oxygen atoms in total. The van der Waals surface area contributed by atoms with E-state index in [2.05, 4.69) is 14.7 Å². The fourth-order valence-corrected chi connectivity index (χ4v) is 5.41. The summed E-state index contributed by atoms with van der Waals surface area (Å²) >= 11 is 2.83. The molecule has 0 spiro atoms. The quantitative estimate of drug-likeness (QED) is 0.870. The molecule has 4 rings (SSSR count). The first-order valence-corrected chi connectivity index (χ1v) is 10.6. The Hall–Kier alpha value is -1.80. The summed E-state index contributed by atoms with van der Waals surface area (Å²) in [5, 5.41) is 6.13. The molecule has 0 aromatic carbocycles. The van der Waals surface area contributed by atoms with Crippen molar-refractivity contribution in [3.8, 4) is 0 Å². The first-order valence-electron chi connectivity index (χ1n) is 8.90. The second-order valence-corrected chi connectivity index (χ2v) is 9.20. The molecule has 2 aliphatic rings. The van der Waals surface area contributed by atoms with E-state index < -0.39 is 0 Å². The number of rotatable bonds is 4. The number of hydrogen-bond donors (Lipinski definition) is 1. The van der Waals surface area contributed by atoms with E-state index in [1.807, 2.05) is 24.1 Å². The monoisotopic (exact) mass is 390 g/mol. The second kappa shape index (κ2) is 7.08. The summed E-state index contributed by atoms with van der Waals surface area (Å²) < 4.78 is 4.07. The zero-order valence-electron chi connectivity index (χ0n) is 14.9. The highest BCUT2D eigenvalue weighted by Gasteiger charge is 2.42. The number of amides is 2. The van der Waals surface area contributed by atoms with Crippen LogP contribution < -0.4 is 5.32 Å². The lowest BCUT2D eigenvalue weighted by Crippen LogP contribution is -2.36. The van der Waals surface area contributed by atoms with Crippen LogP contribution in [-0.4, -0.2) is 45.2 Å². The highest BCUT2D eigenvalue weighted by atomic mass is 32.1. The van der Waals surface area contributed by atoms with Crippen LogP contribution in [0.2, 0.25) is 0 Å². The number of aryl methyl sites for hydroxylation is 2. The standard InChI is InChI=1S/C18H22N4O2S2/c1-10-6-19-26-17(10)18(24)21-14-3-12-7-22(8-13(12)4-14)16(23)5-15-9-25-11(2)20-15/h6,9,12-14H,3-5,7-8H2,1-2H3,(H,21,24). The number of nitrogens with zero attached hydrogens (tertiary/aromatic N) is 3. The molecule has 1 saturated heterocycles. The molecule has 2 aromatic heterocycles. The van der Waals surface area contributed by atoms with Crippen LogP contribution in [0.15, 0.2) is 11.6 Å². The summed E-state index contributed by atoms with van der Waals surface area (Å²) in [6.45, 7) is 5.48. The molecule has 8 heteroatoms. The largest absolute Gasteiger partial charge is 0.349 e. The Labute approximate surface area is 160 Å². The fraction of sp³-hybridized carbons (Fsp3) is 0.556. The lowest BCUT2D eigenvalue weighted by molar-refractivity contribution is -0.129. The van der Waals surface area contributed by atoms with Crippen molar-refractivity contribution in [3.05, 3.63) is 32.7 Å². The molecule has 1 N–H and O–H groups in total. The third kappa shape index (κ3) is 3.53. The molecule has 3 heterocycles. The van der Waals surface area contributed by atoms with Crippen molar-refractivity contribution in [2.75, 3.05) is 13.1 Å². The van der Waals surface area contributed by atoms with Crippen LogP contribution in [0.3, 0.4) is 0 Å². The number of nitrogens with one attached hydrogen (secondary N) is 1. The molecule has 0 radical (unpaired) electrons. The maximum Gasteiger partial charge on any atom is 0.263 e. The van der Waals surface area contributed by atoms with E-state index in [4.69, 9.17) is 0 Å². The Morgan fingerprint density at radius 1 is 1.27 bits per heavy atom. The third-order valence-electron chi connectivity index (χ3n) is 5.39. The number of fused-ring (bicyclic) bond motifs is 1. The van der Waals surface area contributed by atoms with Gasteiger partial charge in [-0.25, -0.2) is 9.36 Å². The van der Waals surface area contributed by atoms with Gasteiger partial charge in [0.25, 0.3) is 5.91 Å². The van der Waals surface area contributed by atoms with Crippen LogP contribution >= 0.6 is 22.9 Å². The maximum absolute atomic E-state index is 12.5. The van der Waals surface area contributed by atoms with Crippen LogP contribution in [0.25, 0.3) is 0 Å². The molecule has 1 saturated carbocycles. The average molecular weight is 391 g/mol. The molecule has 2 aromatic rings. The minimum absolute atomic E-state index is 0.0122. The third-order valence-corrected chi connectivity index (χ3v) is 7.12. The zero-order valence-corrected chi connectivity index (χ0v) is 16.5.